The van der Waals surface area contributed by atoms with Gasteiger partial charge >= 0.3 is 12.0 Å². The molecule has 0 spiro atoms. The van der Waals surface area contributed by atoms with Crippen LogP contribution in [0, 0.1) is 5.41 Å². The van der Waals surface area contributed by atoms with E-state index in [1.165, 1.54) is 0 Å². The molecule has 0 bridgehead atoms. The number of amides is 2. The number of ether oxygens (including phenoxy) is 1. The van der Waals surface area contributed by atoms with Crippen molar-refractivity contribution in [3.63, 3.8) is 0 Å². The first-order valence-electron chi connectivity index (χ1n) is 7.28. The Labute approximate surface area is 120 Å². The Morgan fingerprint density at radius 2 is 1.85 bits per heavy atom. The van der Waals surface area contributed by atoms with Crippen LogP contribution >= 0.6 is 0 Å². The number of carboxylic acid groups (broad SMARTS) is 1. The lowest BCUT2D eigenvalue weighted by Crippen LogP contribution is -2.50. The average molecular weight is 286 g/mol. The second-order valence-corrected chi connectivity index (χ2v) is 5.37. The topological polar surface area (TPSA) is 78.9 Å². The molecule has 1 aliphatic rings. The van der Waals surface area contributed by atoms with E-state index in [1.54, 1.807) is 12.0 Å². The van der Waals surface area contributed by atoms with Crippen molar-refractivity contribution in [1.29, 1.82) is 0 Å². The molecule has 1 heterocycles. The third-order valence-corrected chi connectivity index (χ3v) is 4.45. The number of hydrogen-bond donors (Lipinski definition) is 2. The molecule has 0 aromatic carbocycles. The Morgan fingerprint density at radius 3 is 2.25 bits per heavy atom. The highest BCUT2D eigenvalue weighted by molar-refractivity contribution is 5.78. The van der Waals surface area contributed by atoms with Gasteiger partial charge < -0.3 is 20.1 Å². The number of aliphatic carboxylic acids is 1. The average Bonchev–Trinajstić information content (AvgIpc) is 2.48. The summed E-state index contributed by atoms with van der Waals surface area (Å²) in [6.45, 7) is 5.17. The van der Waals surface area contributed by atoms with Gasteiger partial charge in [-0.3, -0.25) is 4.79 Å². The highest BCUT2D eigenvalue weighted by Gasteiger charge is 2.35. The number of piperidine rings is 1. The van der Waals surface area contributed by atoms with Crippen molar-refractivity contribution >= 4 is 12.0 Å². The maximum absolute atomic E-state index is 12.1. The van der Waals surface area contributed by atoms with E-state index in [-0.39, 0.29) is 18.7 Å². The normalized spacial score (nSPS) is 17.1. The smallest absolute Gasteiger partial charge is 0.317 e. The van der Waals surface area contributed by atoms with Crippen molar-refractivity contribution in [3.05, 3.63) is 0 Å². The number of carboxylic acids is 1. The number of carbonyl (C=O) groups excluding carboxylic acids is 1. The minimum atomic E-state index is -0.861. The van der Waals surface area contributed by atoms with Crippen molar-refractivity contribution in [2.45, 2.75) is 45.6 Å². The largest absolute Gasteiger partial charge is 0.481 e. The van der Waals surface area contributed by atoms with Crippen LogP contribution in [-0.4, -0.2) is 54.9 Å². The lowest BCUT2D eigenvalue weighted by Gasteiger charge is -2.33. The van der Waals surface area contributed by atoms with Crippen LogP contribution in [0.15, 0.2) is 0 Å². The van der Waals surface area contributed by atoms with E-state index in [4.69, 9.17) is 4.74 Å². The van der Waals surface area contributed by atoms with Gasteiger partial charge in [0.05, 0.1) is 11.5 Å². The Kier molecular flexibility index (Phi) is 6.26. The van der Waals surface area contributed by atoms with Crippen LogP contribution in [0.25, 0.3) is 0 Å². The summed E-state index contributed by atoms with van der Waals surface area (Å²) in [5.41, 5.74) is -0.861. The lowest BCUT2D eigenvalue weighted by molar-refractivity contribution is -0.149. The molecule has 0 saturated carbocycles. The van der Waals surface area contributed by atoms with Gasteiger partial charge in [-0.15, -0.1) is 0 Å². The molecule has 6 nitrogen and oxygen atoms in total. The van der Waals surface area contributed by atoms with E-state index in [0.29, 0.717) is 25.9 Å². The molecule has 0 radical (unpaired) electrons. The number of nitrogens with one attached hydrogen (secondary N) is 1. The van der Waals surface area contributed by atoms with Crippen molar-refractivity contribution < 1.29 is 19.4 Å². The van der Waals surface area contributed by atoms with Gasteiger partial charge in [-0.25, -0.2) is 4.79 Å². The van der Waals surface area contributed by atoms with Crippen LogP contribution in [0.2, 0.25) is 0 Å². The molecule has 0 unspecified atom stereocenters. The summed E-state index contributed by atoms with van der Waals surface area (Å²) < 4.78 is 5.26. The molecule has 1 fully saturated rings. The van der Waals surface area contributed by atoms with Gasteiger partial charge in [0, 0.05) is 26.7 Å². The van der Waals surface area contributed by atoms with Crippen molar-refractivity contribution in [1.82, 2.24) is 10.2 Å². The quantitative estimate of drug-likeness (QED) is 0.779. The summed E-state index contributed by atoms with van der Waals surface area (Å²) in [6, 6.07) is -0.174. The van der Waals surface area contributed by atoms with Crippen LogP contribution < -0.4 is 5.32 Å². The summed E-state index contributed by atoms with van der Waals surface area (Å²) in [5, 5.41) is 12.1. The number of urea groups is 1. The molecule has 0 atom stereocenters. The molecule has 6 heteroatoms. The predicted molar refractivity (Wildman–Crippen MR) is 75.7 cm³/mol. The zero-order chi connectivity index (χ0) is 15.2. The maximum atomic E-state index is 12.1. The molecule has 0 aliphatic carbocycles. The Balaban J connectivity index is 2.48. The molecule has 0 aromatic heterocycles. The van der Waals surface area contributed by atoms with Crippen LogP contribution in [0.5, 0.6) is 0 Å². The minimum absolute atomic E-state index is 0.174. The van der Waals surface area contributed by atoms with Crippen LogP contribution in [-0.2, 0) is 9.53 Å². The zero-order valence-corrected chi connectivity index (χ0v) is 12.6. The molecule has 2 N–H and O–H groups in total. The van der Waals surface area contributed by atoms with E-state index in [1.807, 2.05) is 13.8 Å². The number of hydrogen-bond acceptors (Lipinski definition) is 3. The molecular formula is C14H26N2O4. The number of rotatable bonds is 6. The standard InChI is InChI=1S/C14H26N2O4/c1-4-14(5-2,12(17)18)10-15-13(19)16-8-6-11(20-3)7-9-16/h11H,4-10H2,1-3H3,(H,15,19)(H,17,18). The second-order valence-electron chi connectivity index (χ2n) is 5.37. The first-order chi connectivity index (χ1) is 9.49. The Bertz CT molecular complexity index is 334. The van der Waals surface area contributed by atoms with Gasteiger partial charge in [0.2, 0.25) is 0 Å². The third kappa shape index (κ3) is 3.85. The Hall–Kier alpha value is -1.30. The summed E-state index contributed by atoms with van der Waals surface area (Å²) in [7, 11) is 1.68. The van der Waals surface area contributed by atoms with Gasteiger partial charge in [-0.05, 0) is 25.7 Å². The van der Waals surface area contributed by atoms with E-state index >= 15 is 0 Å². The zero-order valence-electron chi connectivity index (χ0n) is 12.6. The van der Waals surface area contributed by atoms with Gasteiger partial charge in [0.1, 0.15) is 0 Å². The fraction of sp³-hybridized carbons (Fsp3) is 0.857. The van der Waals surface area contributed by atoms with Crippen molar-refractivity contribution in [3.8, 4) is 0 Å². The fourth-order valence-corrected chi connectivity index (χ4v) is 2.53. The summed E-state index contributed by atoms with van der Waals surface area (Å²) >= 11 is 0. The fourth-order valence-electron chi connectivity index (χ4n) is 2.53. The van der Waals surface area contributed by atoms with Gasteiger partial charge in [-0.1, -0.05) is 13.8 Å². The number of methoxy groups -OCH3 is 1. The lowest BCUT2D eigenvalue weighted by atomic mass is 9.82. The molecule has 2 amide bonds. The SMILES string of the molecule is CCC(CC)(CNC(=O)N1CCC(OC)CC1)C(=O)O. The van der Waals surface area contributed by atoms with E-state index in [9.17, 15) is 14.7 Å². The minimum Gasteiger partial charge on any atom is -0.481 e. The molecule has 116 valence electrons. The maximum Gasteiger partial charge on any atom is 0.317 e. The molecule has 0 aromatic rings. The molecule has 1 rings (SSSR count). The first kappa shape index (κ1) is 16.8. The van der Waals surface area contributed by atoms with Crippen LogP contribution in [0.1, 0.15) is 39.5 Å². The van der Waals surface area contributed by atoms with Crippen LogP contribution in [0.4, 0.5) is 4.79 Å². The molecule has 1 aliphatic heterocycles. The van der Waals surface area contributed by atoms with Crippen LogP contribution in [0.3, 0.4) is 0 Å². The van der Waals surface area contributed by atoms with E-state index in [0.717, 1.165) is 12.8 Å². The second kappa shape index (κ2) is 7.47. The number of likely N-dealkylation sites (tertiary alicyclic amines) is 1. The van der Waals surface area contributed by atoms with Gasteiger partial charge in [0.15, 0.2) is 0 Å². The van der Waals surface area contributed by atoms with E-state index < -0.39 is 11.4 Å². The van der Waals surface area contributed by atoms with Gasteiger partial charge in [0.25, 0.3) is 0 Å². The highest BCUT2D eigenvalue weighted by atomic mass is 16.5. The van der Waals surface area contributed by atoms with Crippen molar-refractivity contribution in [2.24, 2.45) is 5.41 Å². The van der Waals surface area contributed by atoms with Gasteiger partial charge in [-0.2, -0.15) is 0 Å². The molecule has 20 heavy (non-hydrogen) atoms. The highest BCUT2D eigenvalue weighted by Crippen LogP contribution is 2.25. The summed E-state index contributed by atoms with van der Waals surface area (Å²) in [4.78, 5) is 25.2. The first-order valence-corrected chi connectivity index (χ1v) is 7.28. The molecule has 1 saturated heterocycles. The predicted octanol–water partition coefficient (Wildman–Crippen LogP) is 1.70. The third-order valence-electron chi connectivity index (χ3n) is 4.45. The van der Waals surface area contributed by atoms with E-state index in [2.05, 4.69) is 5.32 Å². The summed E-state index contributed by atoms with van der Waals surface area (Å²) in [6.07, 6.45) is 2.89. The molecular weight excluding hydrogens is 260 g/mol. The number of nitrogens with zero attached hydrogens (tertiary/aromatic N) is 1. The Morgan fingerprint density at radius 1 is 1.30 bits per heavy atom. The summed E-state index contributed by atoms with van der Waals surface area (Å²) in [5.74, 6) is -0.846. The monoisotopic (exact) mass is 286 g/mol. The van der Waals surface area contributed by atoms with Crippen molar-refractivity contribution in [2.75, 3.05) is 26.7 Å². The number of carbonyl (C=O) groups is 2.